The summed E-state index contributed by atoms with van der Waals surface area (Å²) in [5.74, 6) is 0.517. The second-order valence-electron chi connectivity index (χ2n) is 7.11. The fraction of sp³-hybridized carbons (Fsp3) is 0.550. The van der Waals surface area contributed by atoms with Crippen LogP contribution >= 0.6 is 0 Å². The molecular weight excluding hydrogens is 268 g/mol. The largest absolute Gasteiger partial charge is 0.326 e. The van der Waals surface area contributed by atoms with Gasteiger partial charge in [0, 0.05) is 11.4 Å². The number of nitrogens with zero attached hydrogens (tertiary/aromatic N) is 2. The predicted molar refractivity (Wildman–Crippen MR) is 89.3 cm³/mol. The van der Waals surface area contributed by atoms with Crippen LogP contribution < -0.4 is 4.90 Å². The number of allylic oxidation sites excluding steroid dienone is 2. The Morgan fingerprint density at radius 3 is 2.68 bits per heavy atom. The van der Waals surface area contributed by atoms with Crippen molar-refractivity contribution in [2.45, 2.75) is 63.3 Å². The lowest BCUT2D eigenvalue weighted by Crippen LogP contribution is -2.57. The number of benzene rings is 1. The highest BCUT2D eigenvalue weighted by Gasteiger charge is 2.50. The van der Waals surface area contributed by atoms with E-state index in [9.17, 15) is 5.26 Å². The van der Waals surface area contributed by atoms with Crippen LogP contribution in [0.2, 0.25) is 0 Å². The van der Waals surface area contributed by atoms with E-state index in [1.807, 2.05) is 0 Å². The standard InChI is InChI=1S/C20H24N2/c21-15-20-13-7-6-9-17(20)14-16-8-4-5-12-19(16)22(20)18-10-2-1-3-11-18/h1-3,10-11,17H,4-9,12-14H2/t17-,20+/m0/s1. The number of fused-ring (bicyclic) bond motifs is 1. The van der Waals surface area contributed by atoms with E-state index in [0.29, 0.717) is 5.92 Å². The van der Waals surface area contributed by atoms with Crippen LogP contribution in [0, 0.1) is 17.2 Å². The van der Waals surface area contributed by atoms with Crippen LogP contribution in [0.5, 0.6) is 0 Å². The maximum atomic E-state index is 10.2. The molecule has 2 atom stereocenters. The van der Waals surface area contributed by atoms with Crippen LogP contribution in [-0.4, -0.2) is 5.54 Å². The second-order valence-corrected chi connectivity index (χ2v) is 7.11. The molecule has 0 unspecified atom stereocenters. The molecule has 2 aliphatic carbocycles. The van der Waals surface area contributed by atoms with Gasteiger partial charge in [-0.3, -0.25) is 0 Å². The van der Waals surface area contributed by atoms with Gasteiger partial charge in [0.05, 0.1) is 6.07 Å². The zero-order chi connectivity index (χ0) is 15.0. The molecule has 0 bridgehead atoms. The molecular formula is C20H24N2. The molecule has 1 aromatic rings. The summed E-state index contributed by atoms with van der Waals surface area (Å²) in [6.45, 7) is 0. The van der Waals surface area contributed by atoms with Crippen LogP contribution in [0.3, 0.4) is 0 Å². The molecule has 0 N–H and O–H groups in total. The first-order chi connectivity index (χ1) is 10.8. The van der Waals surface area contributed by atoms with E-state index < -0.39 is 0 Å². The van der Waals surface area contributed by atoms with Crippen molar-refractivity contribution >= 4 is 5.69 Å². The van der Waals surface area contributed by atoms with Gasteiger partial charge in [0.1, 0.15) is 5.54 Å². The van der Waals surface area contributed by atoms with Gasteiger partial charge < -0.3 is 4.90 Å². The van der Waals surface area contributed by atoms with Crippen LogP contribution in [-0.2, 0) is 0 Å². The average molecular weight is 292 g/mol. The van der Waals surface area contributed by atoms with Crippen LogP contribution in [0.1, 0.15) is 57.8 Å². The third-order valence-corrected chi connectivity index (χ3v) is 5.96. The summed E-state index contributed by atoms with van der Waals surface area (Å²) < 4.78 is 0. The van der Waals surface area contributed by atoms with Crippen molar-refractivity contribution in [2.24, 2.45) is 5.92 Å². The first-order valence-electron chi connectivity index (χ1n) is 8.82. The molecule has 0 radical (unpaired) electrons. The van der Waals surface area contributed by atoms with E-state index in [4.69, 9.17) is 0 Å². The lowest BCUT2D eigenvalue weighted by molar-refractivity contribution is 0.216. The summed E-state index contributed by atoms with van der Waals surface area (Å²) in [6.07, 6.45) is 10.9. The zero-order valence-electron chi connectivity index (χ0n) is 13.2. The number of anilines is 1. The number of rotatable bonds is 1. The molecule has 2 heteroatoms. The fourth-order valence-corrected chi connectivity index (χ4v) is 4.93. The summed E-state index contributed by atoms with van der Waals surface area (Å²) in [4.78, 5) is 2.47. The monoisotopic (exact) mass is 292 g/mol. The van der Waals surface area contributed by atoms with E-state index in [-0.39, 0.29) is 5.54 Å². The molecule has 1 aliphatic heterocycles. The van der Waals surface area contributed by atoms with Crippen molar-refractivity contribution in [3.05, 3.63) is 41.6 Å². The molecule has 0 aromatic heterocycles. The Morgan fingerprint density at radius 1 is 1.05 bits per heavy atom. The topological polar surface area (TPSA) is 27.0 Å². The number of nitriles is 1. The number of hydrogen-bond acceptors (Lipinski definition) is 2. The van der Waals surface area contributed by atoms with Gasteiger partial charge >= 0.3 is 0 Å². The molecule has 1 fully saturated rings. The Morgan fingerprint density at radius 2 is 1.86 bits per heavy atom. The summed E-state index contributed by atoms with van der Waals surface area (Å²) >= 11 is 0. The van der Waals surface area contributed by atoms with Gasteiger partial charge in [-0.05, 0) is 69.4 Å². The molecule has 3 aliphatic rings. The summed E-state index contributed by atoms with van der Waals surface area (Å²) in [7, 11) is 0. The summed E-state index contributed by atoms with van der Waals surface area (Å²) in [6, 6.07) is 13.5. The van der Waals surface area contributed by atoms with Crippen molar-refractivity contribution in [1.82, 2.24) is 0 Å². The van der Waals surface area contributed by atoms with Crippen molar-refractivity contribution in [1.29, 1.82) is 5.26 Å². The number of para-hydroxylation sites is 1. The summed E-state index contributed by atoms with van der Waals surface area (Å²) in [5.41, 5.74) is 4.06. The normalized spacial score (nSPS) is 31.2. The van der Waals surface area contributed by atoms with Crippen molar-refractivity contribution < 1.29 is 0 Å². The quantitative estimate of drug-likeness (QED) is 0.713. The lowest BCUT2D eigenvalue weighted by atomic mass is 9.65. The van der Waals surface area contributed by atoms with Gasteiger partial charge in [0.25, 0.3) is 0 Å². The Hall–Kier alpha value is -1.75. The minimum absolute atomic E-state index is 0.296. The highest BCUT2D eigenvalue weighted by molar-refractivity contribution is 5.60. The van der Waals surface area contributed by atoms with E-state index >= 15 is 0 Å². The number of hydrogen-bond donors (Lipinski definition) is 0. The van der Waals surface area contributed by atoms with Crippen molar-refractivity contribution in [3.8, 4) is 6.07 Å². The third kappa shape index (κ3) is 1.99. The molecule has 2 nitrogen and oxygen atoms in total. The Bertz CT molecular complexity index is 625. The van der Waals surface area contributed by atoms with Gasteiger partial charge in [-0.1, -0.05) is 30.2 Å². The van der Waals surface area contributed by atoms with Gasteiger partial charge in [0.2, 0.25) is 0 Å². The van der Waals surface area contributed by atoms with Crippen molar-refractivity contribution in [3.63, 3.8) is 0 Å². The minimum Gasteiger partial charge on any atom is -0.326 e. The van der Waals surface area contributed by atoms with Crippen LogP contribution in [0.25, 0.3) is 0 Å². The van der Waals surface area contributed by atoms with Gasteiger partial charge in [0.15, 0.2) is 0 Å². The smallest absolute Gasteiger partial charge is 0.135 e. The summed E-state index contributed by atoms with van der Waals surface area (Å²) in [5, 5.41) is 10.2. The third-order valence-electron chi connectivity index (χ3n) is 5.96. The lowest BCUT2D eigenvalue weighted by Gasteiger charge is -2.53. The van der Waals surface area contributed by atoms with Gasteiger partial charge in [-0.2, -0.15) is 5.26 Å². The molecule has 1 heterocycles. The Balaban J connectivity index is 1.89. The Labute approximate surface area is 133 Å². The molecule has 0 spiro atoms. The molecule has 0 saturated heterocycles. The van der Waals surface area contributed by atoms with E-state index in [1.165, 1.54) is 56.3 Å². The predicted octanol–water partition coefficient (Wildman–Crippen LogP) is 5.18. The fourth-order valence-electron chi connectivity index (χ4n) is 4.93. The van der Waals surface area contributed by atoms with Crippen molar-refractivity contribution in [2.75, 3.05) is 4.90 Å². The highest BCUT2D eigenvalue weighted by Crippen LogP contribution is 2.51. The van der Waals surface area contributed by atoms with Gasteiger partial charge in [-0.15, -0.1) is 0 Å². The molecule has 4 rings (SSSR count). The van der Waals surface area contributed by atoms with Crippen LogP contribution in [0.4, 0.5) is 5.69 Å². The molecule has 114 valence electrons. The Kier molecular flexibility index (Phi) is 3.45. The van der Waals surface area contributed by atoms with Crippen LogP contribution in [0.15, 0.2) is 41.6 Å². The van der Waals surface area contributed by atoms with E-state index in [0.717, 1.165) is 12.8 Å². The SMILES string of the molecule is N#C[C@]12CCCC[C@H]1CC1=C(CCCC1)N2c1ccccc1. The second kappa shape index (κ2) is 5.47. The average Bonchev–Trinajstić information content (AvgIpc) is 2.60. The first kappa shape index (κ1) is 13.9. The molecule has 1 aromatic carbocycles. The molecule has 0 amide bonds. The highest BCUT2D eigenvalue weighted by atomic mass is 15.2. The maximum absolute atomic E-state index is 10.2. The van der Waals surface area contributed by atoms with E-state index in [1.54, 1.807) is 5.57 Å². The van der Waals surface area contributed by atoms with E-state index in [2.05, 4.69) is 41.3 Å². The molecule has 22 heavy (non-hydrogen) atoms. The zero-order valence-corrected chi connectivity index (χ0v) is 13.2. The molecule has 1 saturated carbocycles. The minimum atomic E-state index is -0.296. The maximum Gasteiger partial charge on any atom is 0.135 e. The van der Waals surface area contributed by atoms with Gasteiger partial charge in [-0.25, -0.2) is 0 Å². The first-order valence-corrected chi connectivity index (χ1v) is 8.82.